The van der Waals surface area contributed by atoms with Crippen molar-refractivity contribution in [2.24, 2.45) is 0 Å². The zero-order chi connectivity index (χ0) is 90.7. The topological polar surface area (TPSA) is 172 Å². The number of fused-ring (bicyclic) bond motifs is 64. The van der Waals surface area contributed by atoms with Crippen molar-refractivity contribution in [2.45, 2.75) is 51.4 Å². The number of pyridine rings is 12. The molecule has 8 aliphatic carbocycles. The van der Waals surface area contributed by atoms with Crippen LogP contribution in [0.15, 0.2) is 341 Å². The highest BCUT2D eigenvalue weighted by Gasteiger charge is 2.38. The van der Waals surface area contributed by atoms with Crippen LogP contribution in [0.3, 0.4) is 0 Å². The van der Waals surface area contributed by atoms with E-state index in [1.165, 1.54) is 178 Å². The summed E-state index contributed by atoms with van der Waals surface area (Å²) in [5.74, 6) is 0. The third kappa shape index (κ3) is 10.1. The van der Waals surface area contributed by atoms with Crippen molar-refractivity contribution in [3.05, 3.63) is 430 Å². The smallest absolute Gasteiger partial charge is 0.166 e. The predicted molar refractivity (Wildman–Crippen MR) is 559 cm³/mol. The molecular weight excluding hydrogens is 1710 g/mol. The summed E-state index contributed by atoms with van der Waals surface area (Å²) in [6, 6.07) is 101. The van der Waals surface area contributed by atoms with Crippen molar-refractivity contribution in [2.75, 3.05) is 0 Å². The van der Waals surface area contributed by atoms with Gasteiger partial charge in [-0.15, -0.1) is 0 Å². The zero-order valence-electron chi connectivity index (χ0n) is 75.1. The largest absolute Gasteiger partial charge is 0.276 e. The van der Waals surface area contributed by atoms with Crippen molar-refractivity contribution in [3.8, 4) is 89.0 Å². The van der Waals surface area contributed by atoms with Crippen molar-refractivity contribution in [1.82, 2.24) is 77.4 Å². The van der Waals surface area contributed by atoms with Gasteiger partial charge in [0.1, 0.15) is 45.0 Å². The highest BCUT2D eigenvalue weighted by molar-refractivity contribution is 6.18. The van der Waals surface area contributed by atoms with Gasteiger partial charge >= 0.3 is 0 Å². The highest BCUT2D eigenvalue weighted by atomic mass is 15.1. The fraction of sp³-hybridized carbons (Fsp3) is 0.0645. The van der Waals surface area contributed by atoms with Crippen LogP contribution in [-0.2, 0) is 51.4 Å². The van der Waals surface area contributed by atoms with Crippen LogP contribution in [0.5, 0.6) is 0 Å². The maximum absolute atomic E-state index is 5.28. The van der Waals surface area contributed by atoms with E-state index in [0.29, 0.717) is 0 Å². The van der Waals surface area contributed by atoms with Gasteiger partial charge in [-0.2, -0.15) is 0 Å². The Hall–Kier alpha value is -18.3. The quantitative estimate of drug-likeness (QED) is 0.132. The summed E-state index contributed by atoms with van der Waals surface area (Å²) in [6.45, 7) is 0. The molecule has 0 amide bonds. The van der Waals surface area contributed by atoms with Crippen LogP contribution >= 0.6 is 0 Å². The molecule has 16 nitrogen and oxygen atoms in total. The van der Waals surface area contributed by atoms with E-state index in [-0.39, 0.29) is 0 Å². The van der Waals surface area contributed by atoms with E-state index in [9.17, 15) is 0 Å². The summed E-state index contributed by atoms with van der Waals surface area (Å²) in [5.41, 5.74) is 62.3. The van der Waals surface area contributed by atoms with Gasteiger partial charge in [0.2, 0.25) is 0 Å². The Morgan fingerprint density at radius 2 is 0.429 bits per heavy atom. The van der Waals surface area contributed by atoms with Crippen LogP contribution < -0.4 is 0 Å². The molecule has 12 aromatic carbocycles. The minimum absolute atomic E-state index is 0.877. The average molecular weight is 1790 g/mol. The Balaban J connectivity index is 0.0000000829. The standard InChI is InChI=1S/4C31H18N4/c1-2-6-20-17(5-1)15-18-9-10-19-16-24-21(27(19)26(18)20)11-12-25-29(24)34-31-23-8-3-13-32-28(23)22-7-4-14-33-30(22)35(25)31;1-2-6-20-17(5-1)15-18-9-10-19-16-24-21(27(19)26(18)20)11-12-25-28(24)34-31-29-22(7-3-13-32-29)23-8-4-14-33-30(23)35(25)31;1-2-5-20-17(4-1)14-18-7-8-19-15-24-22(28(19)27(18)20)9-10-26-29(24)34-31-25-16-32-13-11-21(25)23-6-3-12-33-30(23)35(26)31;1-2-5-20-17(4-1)14-18-7-8-19-15-24-21(28(19)27(18)20)9-10-26-29(24)34-31-23-11-13-32-16-25(23)22-6-3-12-33-30(22)35(26)31/h2*1-14H,15-16H2;2*1-13,16H,14-15H2. The molecule has 0 N–H and O–H groups in total. The van der Waals surface area contributed by atoms with Gasteiger partial charge in [-0.05, 0) is 312 Å². The van der Waals surface area contributed by atoms with Crippen LogP contribution in [0.1, 0.15) is 89.0 Å². The van der Waals surface area contributed by atoms with Crippen molar-refractivity contribution in [3.63, 3.8) is 0 Å². The van der Waals surface area contributed by atoms with Crippen LogP contribution in [0.4, 0.5) is 0 Å². The summed E-state index contributed by atoms with van der Waals surface area (Å²) in [5, 5.41) is 10.9. The number of hydrogen-bond acceptors (Lipinski definition) is 12. The number of nitrogens with zero attached hydrogens (tertiary/aromatic N) is 16. The fourth-order valence-corrected chi connectivity index (χ4v) is 26.0. The molecule has 0 saturated carbocycles. The highest BCUT2D eigenvalue weighted by Crippen LogP contribution is 2.57. The molecule has 0 atom stereocenters. The summed E-state index contributed by atoms with van der Waals surface area (Å²) < 4.78 is 8.87. The molecule has 0 unspecified atom stereocenters. The van der Waals surface area contributed by atoms with Gasteiger partial charge in [0.05, 0.1) is 49.7 Å². The second-order valence-corrected chi connectivity index (χ2v) is 38.6. The van der Waals surface area contributed by atoms with Crippen molar-refractivity contribution >= 4 is 154 Å². The normalized spacial score (nSPS) is 13.5. The first-order valence-corrected chi connectivity index (χ1v) is 48.2. The van der Waals surface area contributed by atoms with Crippen molar-refractivity contribution in [1.29, 1.82) is 0 Å². The van der Waals surface area contributed by atoms with Gasteiger partial charge in [-0.1, -0.05) is 176 Å². The van der Waals surface area contributed by atoms with Crippen LogP contribution in [0, 0.1) is 0 Å². The molecule has 16 heterocycles. The fourth-order valence-electron chi connectivity index (χ4n) is 26.0. The van der Waals surface area contributed by atoms with Gasteiger partial charge in [0.15, 0.2) is 5.65 Å². The summed E-state index contributed by atoms with van der Waals surface area (Å²) in [7, 11) is 0. The maximum Gasteiger partial charge on any atom is 0.166 e. The van der Waals surface area contributed by atoms with Gasteiger partial charge in [-0.3, -0.25) is 37.5 Å². The van der Waals surface area contributed by atoms with E-state index >= 15 is 0 Å². The molecule has 0 fully saturated rings. The number of imidazole rings is 4. The number of hydrogen-bond donors (Lipinski definition) is 0. The molecule has 0 spiro atoms. The monoisotopic (exact) mass is 1780 g/mol. The van der Waals surface area contributed by atoms with E-state index in [0.717, 1.165) is 206 Å². The molecule has 0 aliphatic heterocycles. The molecular formula is C124H72N16. The third-order valence-corrected chi connectivity index (χ3v) is 31.8. The molecule has 648 valence electrons. The molecule has 28 aromatic rings. The summed E-state index contributed by atoms with van der Waals surface area (Å²) in [4.78, 5) is 58.5. The second kappa shape index (κ2) is 27.7. The molecule has 16 heteroatoms. The maximum atomic E-state index is 5.28. The first-order valence-electron chi connectivity index (χ1n) is 48.2. The average Bonchev–Trinajstić information content (AvgIpc) is 1.55. The third-order valence-electron chi connectivity index (χ3n) is 31.8. The summed E-state index contributed by atoms with van der Waals surface area (Å²) in [6.07, 6.45) is 26.4. The second-order valence-electron chi connectivity index (χ2n) is 38.6. The Labute approximate surface area is 796 Å². The molecule has 0 bridgehead atoms. The Morgan fingerprint density at radius 1 is 0.157 bits per heavy atom. The van der Waals surface area contributed by atoms with E-state index in [4.69, 9.17) is 49.8 Å². The van der Waals surface area contributed by atoms with Crippen LogP contribution in [0.2, 0.25) is 0 Å². The molecule has 0 saturated heterocycles. The van der Waals surface area contributed by atoms with Crippen molar-refractivity contribution < 1.29 is 0 Å². The molecule has 0 radical (unpaired) electrons. The zero-order valence-corrected chi connectivity index (χ0v) is 75.1. The van der Waals surface area contributed by atoms with E-state index in [1.54, 1.807) is 0 Å². The Bertz CT molecular complexity index is 9460. The molecule has 8 aliphatic rings. The number of benzene rings is 12. The molecule has 140 heavy (non-hydrogen) atoms. The Kier molecular flexibility index (Phi) is 14.9. The van der Waals surface area contributed by atoms with E-state index in [2.05, 4.69) is 270 Å². The van der Waals surface area contributed by atoms with Gasteiger partial charge < -0.3 is 0 Å². The Morgan fingerprint density at radius 3 is 0.829 bits per heavy atom. The minimum atomic E-state index is 0.877. The van der Waals surface area contributed by atoms with Gasteiger partial charge in [0, 0.05) is 136 Å². The van der Waals surface area contributed by atoms with E-state index < -0.39 is 0 Å². The van der Waals surface area contributed by atoms with E-state index in [1.807, 2.05) is 98.4 Å². The number of rotatable bonds is 0. The lowest BCUT2D eigenvalue weighted by Crippen LogP contribution is -1.94. The SMILES string of the molecule is c1ccc2c(c1)Cc1ccc3c(c1-2)-c1ccc2c(nc4c5cccnc5c5cccnc5n24)c1C3.c1ccc2c(c1)Cc1ccc3c(c1-2)-c1ccc2c(nc4c5ccncc5c5cccnc5n24)c1C3.c1ccc2c(c1)Cc1ccc3c(c1-2)-c1ccc2c(nc4c5cnccc5c5cccnc5n24)c1C3.c1ccc2c(c1)Cc1ccc3c(c1-2)-c1ccc2c(nc4c5ncccc5c5cccnc5n24)c1C3. The first kappa shape index (κ1) is 75.1. The first-order chi connectivity index (χ1) is 69.5. The van der Waals surface area contributed by atoms with Gasteiger partial charge in [0.25, 0.3) is 0 Å². The predicted octanol–water partition coefficient (Wildman–Crippen LogP) is 26.9. The molecule has 36 rings (SSSR count). The molecule has 16 aromatic heterocycles. The minimum Gasteiger partial charge on any atom is -0.276 e. The lowest BCUT2D eigenvalue weighted by Gasteiger charge is -2.10. The van der Waals surface area contributed by atoms with Gasteiger partial charge in [-0.25, -0.2) is 39.9 Å². The van der Waals surface area contributed by atoms with Crippen LogP contribution in [0.25, 0.3) is 243 Å². The van der Waals surface area contributed by atoms with Crippen LogP contribution in [-0.4, -0.2) is 77.4 Å². The summed E-state index contributed by atoms with van der Waals surface area (Å²) >= 11 is 0. The lowest BCUT2D eigenvalue weighted by molar-refractivity contribution is 1.22. The lowest BCUT2D eigenvalue weighted by atomic mass is 9.94. The number of aromatic nitrogens is 16.